The minimum atomic E-state index is -4.77. The van der Waals surface area contributed by atoms with Crippen molar-refractivity contribution >= 4 is 11.1 Å². The quantitative estimate of drug-likeness (QED) is 0.332. The molecule has 2 aliphatic heterocycles. The Kier molecular flexibility index (Phi) is 7.21. The third kappa shape index (κ3) is 5.72. The van der Waals surface area contributed by atoms with Crippen LogP contribution in [0.4, 0.5) is 17.6 Å². The number of hydrogen-bond donors (Lipinski definition) is 1. The van der Waals surface area contributed by atoms with Crippen LogP contribution in [0.3, 0.4) is 0 Å². The van der Waals surface area contributed by atoms with Crippen LogP contribution < -0.4 is 14.2 Å². The van der Waals surface area contributed by atoms with E-state index in [0.29, 0.717) is 23.7 Å². The summed E-state index contributed by atoms with van der Waals surface area (Å²) < 4.78 is 66.7. The second-order valence-electron chi connectivity index (χ2n) is 9.49. The largest absolute Gasteiger partial charge is 0.573 e. The van der Waals surface area contributed by atoms with Gasteiger partial charge in [0, 0.05) is 42.8 Å². The molecule has 0 saturated carbocycles. The van der Waals surface area contributed by atoms with Crippen molar-refractivity contribution < 1.29 is 36.9 Å². The van der Waals surface area contributed by atoms with Gasteiger partial charge in [0.05, 0.1) is 6.67 Å². The van der Waals surface area contributed by atoms with E-state index in [1.807, 2.05) is 31.2 Å². The van der Waals surface area contributed by atoms with Crippen molar-refractivity contribution in [1.29, 1.82) is 0 Å². The van der Waals surface area contributed by atoms with E-state index in [2.05, 4.69) is 9.64 Å². The highest BCUT2D eigenvalue weighted by atomic mass is 19.4. The van der Waals surface area contributed by atoms with Gasteiger partial charge in [-0.2, -0.15) is 0 Å². The smallest absolute Gasteiger partial charge is 0.508 e. The van der Waals surface area contributed by atoms with E-state index < -0.39 is 12.5 Å². The number of alkyl halides is 4. The zero-order chi connectivity index (χ0) is 26.9. The highest BCUT2D eigenvalue weighted by Gasteiger charge is 2.32. The number of phenolic OH excluding ortho intramolecular Hbond substituents is 1. The first-order valence-corrected chi connectivity index (χ1v) is 12.3. The van der Waals surface area contributed by atoms with E-state index in [1.165, 1.54) is 12.1 Å². The van der Waals surface area contributed by atoms with Crippen molar-refractivity contribution in [2.24, 2.45) is 5.92 Å². The number of aromatic hydroxyl groups is 1. The van der Waals surface area contributed by atoms with E-state index in [9.17, 15) is 22.7 Å². The van der Waals surface area contributed by atoms with Crippen LogP contribution in [-0.2, 0) is 0 Å². The van der Waals surface area contributed by atoms with Crippen LogP contribution in [0.15, 0.2) is 66.7 Å². The van der Waals surface area contributed by atoms with Crippen molar-refractivity contribution in [2.75, 3.05) is 32.9 Å². The first-order chi connectivity index (χ1) is 18.2. The molecule has 0 unspecified atom stereocenters. The number of likely N-dealkylation sites (tertiary alicyclic amines) is 1. The van der Waals surface area contributed by atoms with Crippen LogP contribution in [0.5, 0.6) is 23.0 Å². The molecule has 0 amide bonds. The van der Waals surface area contributed by atoms with Gasteiger partial charge in [-0.15, -0.1) is 13.2 Å². The molecular weight excluding hydrogens is 502 g/mol. The molecule has 5 nitrogen and oxygen atoms in total. The Labute approximate surface area is 217 Å². The molecule has 38 heavy (non-hydrogen) atoms. The van der Waals surface area contributed by atoms with Gasteiger partial charge in [0.25, 0.3) is 0 Å². The van der Waals surface area contributed by atoms with Crippen LogP contribution in [0.25, 0.3) is 11.1 Å². The minimum absolute atomic E-state index is 0.0659. The monoisotopic (exact) mass is 529 g/mol. The van der Waals surface area contributed by atoms with Crippen LogP contribution in [-0.4, -0.2) is 49.3 Å². The molecule has 0 spiro atoms. The minimum Gasteiger partial charge on any atom is -0.508 e. The second kappa shape index (κ2) is 10.6. The summed E-state index contributed by atoms with van der Waals surface area (Å²) in [6.07, 6.45) is -5.35. The Hall–Kier alpha value is -3.72. The van der Waals surface area contributed by atoms with Crippen molar-refractivity contribution in [3.05, 3.63) is 83.4 Å². The van der Waals surface area contributed by atoms with E-state index in [4.69, 9.17) is 9.47 Å². The molecule has 1 N–H and O–H groups in total. The summed E-state index contributed by atoms with van der Waals surface area (Å²) in [7, 11) is 0. The van der Waals surface area contributed by atoms with Gasteiger partial charge in [0.1, 0.15) is 35.7 Å². The average Bonchev–Trinajstić information content (AvgIpc) is 2.85. The fourth-order valence-electron chi connectivity index (χ4n) is 4.87. The van der Waals surface area contributed by atoms with E-state index in [1.54, 1.807) is 30.3 Å². The molecule has 0 aliphatic carbocycles. The summed E-state index contributed by atoms with van der Waals surface area (Å²) in [4.78, 5) is 2.15. The lowest BCUT2D eigenvalue weighted by Gasteiger charge is -2.37. The molecule has 0 aromatic heterocycles. The van der Waals surface area contributed by atoms with Crippen LogP contribution in [0.2, 0.25) is 0 Å². The number of nitrogens with zero attached hydrogens (tertiary/aromatic N) is 1. The first kappa shape index (κ1) is 25.9. The maximum absolute atomic E-state index is 12.6. The highest BCUT2D eigenvalue weighted by Crippen LogP contribution is 2.47. The zero-order valence-electron chi connectivity index (χ0n) is 20.7. The van der Waals surface area contributed by atoms with Crippen molar-refractivity contribution in [2.45, 2.75) is 19.4 Å². The molecule has 200 valence electrons. The Balaban J connectivity index is 1.38. The Morgan fingerprint density at radius 1 is 0.974 bits per heavy atom. The van der Waals surface area contributed by atoms with Crippen LogP contribution in [0, 0.1) is 5.92 Å². The Morgan fingerprint density at radius 2 is 1.66 bits per heavy atom. The molecule has 1 saturated heterocycles. The molecule has 2 heterocycles. The van der Waals surface area contributed by atoms with Crippen LogP contribution >= 0.6 is 0 Å². The maximum atomic E-state index is 12.6. The molecule has 9 heteroatoms. The molecule has 0 bridgehead atoms. The van der Waals surface area contributed by atoms with Crippen molar-refractivity contribution in [3.8, 4) is 23.0 Å². The average molecular weight is 530 g/mol. The lowest BCUT2D eigenvalue weighted by atomic mass is 9.86. The summed E-state index contributed by atoms with van der Waals surface area (Å²) in [5.74, 6) is 1.08. The maximum Gasteiger partial charge on any atom is 0.573 e. The Bertz CT molecular complexity index is 1300. The number of ether oxygens (including phenoxy) is 3. The highest BCUT2D eigenvalue weighted by molar-refractivity contribution is 5.95. The number of allylic oxidation sites excluding steroid dienone is 1. The summed E-state index contributed by atoms with van der Waals surface area (Å²) in [6, 6.07) is 18.0. The first-order valence-electron chi connectivity index (χ1n) is 12.3. The summed E-state index contributed by atoms with van der Waals surface area (Å²) in [6.45, 7) is 4.36. The summed E-state index contributed by atoms with van der Waals surface area (Å²) >= 11 is 0. The van der Waals surface area contributed by atoms with Gasteiger partial charge in [0.15, 0.2) is 0 Å². The summed E-state index contributed by atoms with van der Waals surface area (Å²) in [5, 5.41) is 10.0. The van der Waals surface area contributed by atoms with Gasteiger partial charge in [-0.05, 0) is 60.0 Å². The Morgan fingerprint density at radius 3 is 2.32 bits per heavy atom. The topological polar surface area (TPSA) is 51.2 Å². The number of rotatable bonds is 8. The number of halogens is 4. The molecule has 0 radical (unpaired) electrons. The molecule has 2 aliphatic rings. The predicted octanol–water partition coefficient (Wildman–Crippen LogP) is 6.64. The summed E-state index contributed by atoms with van der Waals surface area (Å²) in [5.41, 5.74) is 3.94. The van der Waals surface area contributed by atoms with Crippen molar-refractivity contribution in [3.63, 3.8) is 0 Å². The number of phenols is 1. The van der Waals surface area contributed by atoms with Crippen LogP contribution in [0.1, 0.15) is 29.7 Å². The number of hydrogen-bond acceptors (Lipinski definition) is 5. The van der Waals surface area contributed by atoms with Gasteiger partial charge < -0.3 is 19.3 Å². The SMILES string of the molecule is CC1=C(c2ccc(OC(F)(F)F)cc2)[C@@H](c2ccc(OCCN3CC(CF)C3)cc2)Oc2cc(O)ccc21. The molecular formula is C29H27F4NO4. The van der Waals surface area contributed by atoms with Gasteiger partial charge in [-0.25, -0.2) is 0 Å². The zero-order valence-corrected chi connectivity index (χ0v) is 20.7. The molecule has 3 aromatic carbocycles. The molecule has 1 fully saturated rings. The third-order valence-corrected chi connectivity index (χ3v) is 6.79. The number of fused-ring (bicyclic) bond motifs is 1. The lowest BCUT2D eigenvalue weighted by molar-refractivity contribution is -0.274. The molecule has 5 rings (SSSR count). The van der Waals surface area contributed by atoms with Gasteiger partial charge in [0.2, 0.25) is 0 Å². The normalized spacial score (nSPS) is 18.0. The lowest BCUT2D eigenvalue weighted by Crippen LogP contribution is -2.49. The third-order valence-electron chi connectivity index (χ3n) is 6.79. The second-order valence-corrected chi connectivity index (χ2v) is 9.49. The van der Waals surface area contributed by atoms with E-state index in [-0.39, 0.29) is 24.1 Å². The molecule has 1 atom stereocenters. The van der Waals surface area contributed by atoms with Gasteiger partial charge >= 0.3 is 6.36 Å². The fraction of sp³-hybridized carbons (Fsp3) is 0.310. The van der Waals surface area contributed by atoms with Crippen molar-refractivity contribution in [1.82, 2.24) is 4.90 Å². The van der Waals surface area contributed by atoms with E-state index in [0.717, 1.165) is 41.9 Å². The standard InChI is InChI=1S/C29H27F4NO4/c1-18-25-11-6-22(35)14-26(25)37-28(27(18)20-2-9-24(10-3-20)38-29(31,32)33)21-4-7-23(8-5-21)36-13-12-34-16-19(15-30)17-34/h2-11,14,19,28,35H,12-13,15-17H2,1H3/t28-/m1/s1. The van der Waals surface area contributed by atoms with Gasteiger partial charge in [-0.1, -0.05) is 24.3 Å². The number of benzene rings is 3. The van der Waals surface area contributed by atoms with E-state index >= 15 is 0 Å². The van der Waals surface area contributed by atoms with Gasteiger partial charge in [-0.3, -0.25) is 9.29 Å². The predicted molar refractivity (Wildman–Crippen MR) is 135 cm³/mol. The fourth-order valence-corrected chi connectivity index (χ4v) is 4.87. The molecule has 3 aromatic rings.